The second-order valence-corrected chi connectivity index (χ2v) is 12.4. The number of carbonyl (C=O) groups is 3. The molecule has 9 nitrogen and oxygen atoms in total. The minimum absolute atomic E-state index is 0.0406. The molecule has 0 spiro atoms. The van der Waals surface area contributed by atoms with Gasteiger partial charge in [-0.15, -0.1) is 0 Å². The number of nitrogens with zero attached hydrogens (tertiary/aromatic N) is 1. The molecule has 0 bridgehead atoms. The Morgan fingerprint density at radius 1 is 1.19 bits per heavy atom. The zero-order valence-corrected chi connectivity index (χ0v) is 26.7. The lowest BCUT2D eigenvalue weighted by molar-refractivity contribution is -0.143. The average molecular weight is 731 g/mol. The van der Waals surface area contributed by atoms with Gasteiger partial charge in [-0.3, -0.25) is 14.4 Å². The molecule has 3 unspecified atom stereocenters. The molecule has 2 aliphatic carbocycles. The first-order valence-electron chi connectivity index (χ1n) is 13.7. The summed E-state index contributed by atoms with van der Waals surface area (Å²) in [4.78, 5) is 40.2. The van der Waals surface area contributed by atoms with E-state index in [0.29, 0.717) is 36.6 Å². The summed E-state index contributed by atoms with van der Waals surface area (Å²) in [5, 5.41) is 24.6. The number of carbonyl (C=O) groups excluding carboxylic acids is 3. The number of aldehydes is 1. The van der Waals surface area contributed by atoms with Crippen LogP contribution >= 0.6 is 45.8 Å². The molecule has 2 aromatic carbocycles. The van der Waals surface area contributed by atoms with Crippen molar-refractivity contribution in [1.82, 2.24) is 10.2 Å². The molecule has 0 saturated heterocycles. The molecule has 2 aromatic rings. The van der Waals surface area contributed by atoms with E-state index in [0.717, 1.165) is 25.7 Å². The minimum atomic E-state index is -1.23. The van der Waals surface area contributed by atoms with E-state index in [1.807, 2.05) is 22.6 Å². The van der Waals surface area contributed by atoms with Crippen molar-refractivity contribution in [3.63, 3.8) is 0 Å². The van der Waals surface area contributed by atoms with Crippen molar-refractivity contribution < 1.29 is 34.1 Å². The lowest BCUT2D eigenvalue weighted by Crippen LogP contribution is -2.55. The van der Waals surface area contributed by atoms with Gasteiger partial charge in [-0.25, -0.2) is 0 Å². The molecule has 0 radical (unpaired) electrons. The van der Waals surface area contributed by atoms with Crippen molar-refractivity contribution in [3.8, 4) is 11.5 Å². The van der Waals surface area contributed by atoms with Crippen LogP contribution in [0.5, 0.6) is 11.5 Å². The highest BCUT2D eigenvalue weighted by atomic mass is 127. The van der Waals surface area contributed by atoms with Crippen molar-refractivity contribution in [2.75, 3.05) is 20.3 Å². The van der Waals surface area contributed by atoms with Gasteiger partial charge in [0, 0.05) is 46.6 Å². The summed E-state index contributed by atoms with van der Waals surface area (Å²) in [5.41, 5.74) is 1.34. The summed E-state index contributed by atoms with van der Waals surface area (Å²) in [5.74, 6) is -0.206. The first-order valence-corrected chi connectivity index (χ1v) is 15.5. The molecule has 2 aliphatic rings. The van der Waals surface area contributed by atoms with Crippen LogP contribution in [0.15, 0.2) is 42.0 Å². The van der Waals surface area contributed by atoms with E-state index in [1.54, 1.807) is 29.2 Å². The molecule has 4 rings (SSSR count). The topological polar surface area (TPSA) is 125 Å². The third kappa shape index (κ3) is 7.57. The van der Waals surface area contributed by atoms with Crippen LogP contribution in [0.2, 0.25) is 10.0 Å². The van der Waals surface area contributed by atoms with Gasteiger partial charge in [0.1, 0.15) is 18.5 Å². The van der Waals surface area contributed by atoms with Crippen LogP contribution in [-0.2, 0) is 16.1 Å². The Labute approximate surface area is 268 Å². The Balaban J connectivity index is 1.75. The number of nitrogens with one attached hydrogen (secondary N) is 1. The van der Waals surface area contributed by atoms with Crippen molar-refractivity contribution in [3.05, 3.63) is 66.7 Å². The first-order chi connectivity index (χ1) is 20.2. The molecule has 3 N–H and O–H groups in total. The molecular weight excluding hydrogens is 698 g/mol. The number of rotatable bonds is 11. The summed E-state index contributed by atoms with van der Waals surface area (Å²) in [6, 6.07) is 7.34. The number of hydrogen-bond acceptors (Lipinski definition) is 7. The Kier molecular flexibility index (Phi) is 11.5. The molecular formula is C30H33Cl2IN2O7. The number of aliphatic hydroxyl groups is 2. The lowest BCUT2D eigenvalue weighted by atomic mass is 9.87. The summed E-state index contributed by atoms with van der Waals surface area (Å²) in [6.07, 6.45) is 3.35. The highest BCUT2D eigenvalue weighted by molar-refractivity contribution is 14.1. The number of halogens is 3. The zero-order chi connectivity index (χ0) is 30.4. The van der Waals surface area contributed by atoms with Gasteiger partial charge >= 0.3 is 0 Å². The third-order valence-corrected chi connectivity index (χ3v) is 8.99. The lowest BCUT2D eigenvalue weighted by Gasteiger charge is -2.41. The van der Waals surface area contributed by atoms with Crippen LogP contribution in [0.4, 0.5) is 0 Å². The van der Waals surface area contributed by atoms with Crippen molar-refractivity contribution in [2.24, 2.45) is 5.92 Å². The van der Waals surface area contributed by atoms with Crippen LogP contribution in [0.25, 0.3) is 0 Å². The number of benzene rings is 2. The maximum atomic E-state index is 14.0. The van der Waals surface area contributed by atoms with E-state index in [9.17, 15) is 24.6 Å². The maximum absolute atomic E-state index is 14.0. The van der Waals surface area contributed by atoms with E-state index < -0.39 is 24.2 Å². The first kappa shape index (κ1) is 32.5. The fraction of sp³-hybridized carbons (Fsp3) is 0.433. The fourth-order valence-corrected chi connectivity index (χ4v) is 6.66. The summed E-state index contributed by atoms with van der Waals surface area (Å²) < 4.78 is 12.3. The Morgan fingerprint density at radius 2 is 1.93 bits per heavy atom. The largest absolute Gasteiger partial charge is 0.493 e. The van der Waals surface area contributed by atoms with Crippen molar-refractivity contribution in [1.29, 1.82) is 0 Å². The van der Waals surface area contributed by atoms with Crippen molar-refractivity contribution in [2.45, 2.75) is 56.9 Å². The number of ether oxygens (including phenoxy) is 2. The standard InChI is InChI=1S/C30H33Cl2IN2O7/c1-41-26-11-17(16-37)10-23(33)28(26)42-25-13-20(29(39)34-8-9-36)12-24(27(25)38)35(30(40)18-4-2-3-5-18)15-19-6-7-21(31)14-22(19)32/h6-7,10-11,13-14,16,18,24-25,27,36,38H,2-5,8-9,12,15H2,1H3,(H,34,39). The monoisotopic (exact) mass is 730 g/mol. The molecule has 42 heavy (non-hydrogen) atoms. The van der Waals surface area contributed by atoms with E-state index in [2.05, 4.69) is 5.32 Å². The molecule has 3 atom stereocenters. The van der Waals surface area contributed by atoms with Gasteiger partial charge < -0.3 is 29.9 Å². The van der Waals surface area contributed by atoms with Crippen LogP contribution in [0, 0.1) is 9.49 Å². The van der Waals surface area contributed by atoms with Crippen LogP contribution in [0.3, 0.4) is 0 Å². The molecule has 2 amide bonds. The SMILES string of the molecule is COc1cc(C=O)cc(I)c1OC1C=C(C(=O)NCCO)CC(N(Cc2ccc(Cl)cc2Cl)C(=O)C2CCCC2)C1O. The van der Waals surface area contributed by atoms with E-state index in [1.165, 1.54) is 19.3 Å². The predicted octanol–water partition coefficient (Wildman–Crippen LogP) is 4.55. The second kappa shape index (κ2) is 14.9. The van der Waals surface area contributed by atoms with Crippen LogP contribution in [-0.4, -0.2) is 71.7 Å². The number of amides is 2. The number of methoxy groups -OCH3 is 1. The Morgan fingerprint density at radius 3 is 2.57 bits per heavy atom. The second-order valence-electron chi connectivity index (χ2n) is 10.4. The highest BCUT2D eigenvalue weighted by Gasteiger charge is 2.42. The van der Waals surface area contributed by atoms with Crippen LogP contribution in [0.1, 0.15) is 48.0 Å². The van der Waals surface area contributed by atoms with Gasteiger partial charge in [0.15, 0.2) is 11.5 Å². The normalized spacial score (nSPS) is 20.5. The minimum Gasteiger partial charge on any atom is -0.493 e. The summed E-state index contributed by atoms with van der Waals surface area (Å²) >= 11 is 14.6. The smallest absolute Gasteiger partial charge is 0.247 e. The Bertz CT molecular complexity index is 1350. The zero-order valence-electron chi connectivity index (χ0n) is 23.0. The van der Waals surface area contributed by atoms with Gasteiger partial charge in [0.2, 0.25) is 11.8 Å². The molecule has 0 aromatic heterocycles. The fourth-order valence-electron chi connectivity index (χ4n) is 5.44. The van der Waals surface area contributed by atoms with Gasteiger partial charge in [-0.2, -0.15) is 0 Å². The summed E-state index contributed by atoms with van der Waals surface area (Å²) in [6.45, 7) is -0.107. The van der Waals surface area contributed by atoms with Crippen molar-refractivity contribution >= 4 is 63.9 Å². The molecule has 0 heterocycles. The molecule has 0 aliphatic heterocycles. The van der Waals surface area contributed by atoms with Gasteiger partial charge in [0.25, 0.3) is 0 Å². The van der Waals surface area contributed by atoms with Gasteiger partial charge in [0.05, 0.1) is 23.3 Å². The number of hydrogen-bond donors (Lipinski definition) is 3. The molecule has 12 heteroatoms. The van der Waals surface area contributed by atoms with E-state index in [-0.39, 0.29) is 49.4 Å². The van der Waals surface area contributed by atoms with E-state index >= 15 is 0 Å². The Hall–Kier alpha value is -2.38. The average Bonchev–Trinajstić information content (AvgIpc) is 3.52. The third-order valence-electron chi connectivity index (χ3n) is 7.60. The molecule has 1 saturated carbocycles. The van der Waals surface area contributed by atoms with E-state index in [4.69, 9.17) is 32.7 Å². The molecule has 226 valence electrons. The quantitative estimate of drug-likeness (QED) is 0.229. The maximum Gasteiger partial charge on any atom is 0.247 e. The predicted molar refractivity (Wildman–Crippen MR) is 167 cm³/mol. The van der Waals surface area contributed by atoms with Crippen LogP contribution < -0.4 is 14.8 Å². The van der Waals surface area contributed by atoms with Gasteiger partial charge in [-0.05, 0) is 71.3 Å². The van der Waals surface area contributed by atoms with Gasteiger partial charge in [-0.1, -0.05) is 42.1 Å². The molecule has 1 fully saturated rings. The summed E-state index contributed by atoms with van der Waals surface area (Å²) in [7, 11) is 1.44. The number of aliphatic hydroxyl groups excluding tert-OH is 2. The highest BCUT2D eigenvalue weighted by Crippen LogP contribution is 2.38.